The number of carbonyl (C=O) groups is 1. The van der Waals surface area contributed by atoms with Crippen molar-refractivity contribution in [2.45, 2.75) is 6.92 Å². The number of nitrogens with zero attached hydrogens (tertiary/aromatic N) is 3. The third-order valence-corrected chi connectivity index (χ3v) is 3.09. The molecule has 0 aliphatic rings. The largest absolute Gasteiger partial charge is 0.478 e. The van der Waals surface area contributed by atoms with Crippen LogP contribution in [0.15, 0.2) is 36.4 Å². The normalized spacial score (nSPS) is 10.8. The molecule has 0 saturated carbocycles. The van der Waals surface area contributed by atoms with Crippen LogP contribution < -0.4 is 5.73 Å². The van der Waals surface area contributed by atoms with E-state index in [1.807, 2.05) is 13.0 Å². The molecule has 0 spiro atoms. The summed E-state index contributed by atoms with van der Waals surface area (Å²) in [5.41, 5.74) is 9.62. The first-order valence-electron chi connectivity index (χ1n) is 6.01. The lowest BCUT2D eigenvalue weighted by Gasteiger charge is -2.00. The molecule has 20 heavy (non-hydrogen) atoms. The first-order valence-corrected chi connectivity index (χ1v) is 6.01. The van der Waals surface area contributed by atoms with Crippen LogP contribution in [0.25, 0.3) is 16.7 Å². The van der Waals surface area contributed by atoms with Crippen molar-refractivity contribution in [3.05, 3.63) is 47.5 Å². The first-order chi connectivity index (χ1) is 9.54. The SMILES string of the molecule is Cc1cc2nn(-c3cccc(C(=O)O)c3)nc2cc1N. The minimum Gasteiger partial charge on any atom is -0.478 e. The standard InChI is InChI=1S/C14H12N4O2/c1-8-5-12-13(7-11(8)15)17-18(16-12)10-4-2-3-9(6-10)14(19)20/h2-7H,15H2,1H3,(H,19,20). The van der Waals surface area contributed by atoms with Gasteiger partial charge in [0.05, 0.1) is 11.3 Å². The lowest BCUT2D eigenvalue weighted by molar-refractivity contribution is 0.0697. The van der Waals surface area contributed by atoms with Gasteiger partial charge in [0.15, 0.2) is 0 Å². The van der Waals surface area contributed by atoms with Crippen molar-refractivity contribution in [2.24, 2.45) is 0 Å². The minimum absolute atomic E-state index is 0.194. The van der Waals surface area contributed by atoms with Crippen molar-refractivity contribution < 1.29 is 9.90 Å². The van der Waals surface area contributed by atoms with Crippen molar-refractivity contribution >= 4 is 22.7 Å². The van der Waals surface area contributed by atoms with Gasteiger partial charge in [0.25, 0.3) is 0 Å². The third kappa shape index (κ3) is 1.97. The van der Waals surface area contributed by atoms with Crippen molar-refractivity contribution in [2.75, 3.05) is 5.73 Å². The molecule has 6 nitrogen and oxygen atoms in total. The average molecular weight is 268 g/mol. The molecule has 3 rings (SSSR count). The van der Waals surface area contributed by atoms with Gasteiger partial charge in [0, 0.05) is 5.69 Å². The number of rotatable bonds is 2. The molecule has 6 heteroatoms. The van der Waals surface area contributed by atoms with Crippen LogP contribution in [-0.2, 0) is 0 Å². The van der Waals surface area contributed by atoms with E-state index in [0.717, 1.165) is 11.1 Å². The highest BCUT2D eigenvalue weighted by Crippen LogP contribution is 2.19. The van der Waals surface area contributed by atoms with Gasteiger partial charge in [0.1, 0.15) is 11.0 Å². The summed E-state index contributed by atoms with van der Waals surface area (Å²) < 4.78 is 0. The predicted molar refractivity (Wildman–Crippen MR) is 75.0 cm³/mol. The van der Waals surface area contributed by atoms with Gasteiger partial charge in [-0.2, -0.15) is 4.80 Å². The highest BCUT2D eigenvalue weighted by molar-refractivity contribution is 5.88. The molecule has 1 aromatic heterocycles. The molecule has 0 amide bonds. The third-order valence-electron chi connectivity index (χ3n) is 3.09. The number of nitrogens with two attached hydrogens (primary N) is 1. The lowest BCUT2D eigenvalue weighted by atomic mass is 10.2. The number of aryl methyl sites for hydroxylation is 1. The van der Waals surface area contributed by atoms with Gasteiger partial charge in [-0.1, -0.05) is 6.07 Å². The molecule has 0 fully saturated rings. The van der Waals surface area contributed by atoms with E-state index >= 15 is 0 Å². The van der Waals surface area contributed by atoms with Crippen LogP contribution in [0.4, 0.5) is 5.69 Å². The van der Waals surface area contributed by atoms with Gasteiger partial charge < -0.3 is 10.8 Å². The predicted octanol–water partition coefficient (Wildman–Crippen LogP) is 2.01. The van der Waals surface area contributed by atoms with Crippen molar-refractivity contribution in [3.8, 4) is 5.69 Å². The van der Waals surface area contributed by atoms with Gasteiger partial charge in [-0.3, -0.25) is 0 Å². The van der Waals surface area contributed by atoms with E-state index in [2.05, 4.69) is 10.2 Å². The number of nitrogen functional groups attached to an aromatic ring is 1. The summed E-state index contributed by atoms with van der Waals surface area (Å²) in [5, 5.41) is 17.7. The number of anilines is 1. The number of benzene rings is 2. The van der Waals surface area contributed by atoms with Gasteiger partial charge >= 0.3 is 5.97 Å². The van der Waals surface area contributed by atoms with Crippen LogP contribution in [0.1, 0.15) is 15.9 Å². The Hall–Kier alpha value is -2.89. The molecule has 0 aliphatic heterocycles. The van der Waals surface area contributed by atoms with Crippen LogP contribution >= 0.6 is 0 Å². The lowest BCUT2D eigenvalue weighted by Crippen LogP contribution is -2.02. The summed E-state index contributed by atoms with van der Waals surface area (Å²) >= 11 is 0. The molecule has 3 aromatic rings. The maximum atomic E-state index is 11.0. The number of aromatic nitrogens is 3. The van der Waals surface area contributed by atoms with Crippen LogP contribution in [0.2, 0.25) is 0 Å². The molecule has 0 atom stereocenters. The molecule has 3 N–H and O–H groups in total. The average Bonchev–Trinajstić information content (AvgIpc) is 2.82. The Balaban J connectivity index is 2.15. The quantitative estimate of drug-likeness (QED) is 0.693. The van der Waals surface area contributed by atoms with Gasteiger partial charge in [-0.05, 0) is 42.8 Å². The minimum atomic E-state index is -0.983. The Morgan fingerprint density at radius 1 is 1.20 bits per heavy atom. The highest BCUT2D eigenvalue weighted by atomic mass is 16.4. The fourth-order valence-corrected chi connectivity index (χ4v) is 1.96. The smallest absolute Gasteiger partial charge is 0.335 e. The summed E-state index contributed by atoms with van der Waals surface area (Å²) in [4.78, 5) is 12.4. The topological polar surface area (TPSA) is 94.0 Å². The molecule has 0 radical (unpaired) electrons. The number of hydrogen-bond donors (Lipinski definition) is 2. The van der Waals surface area contributed by atoms with E-state index in [1.165, 1.54) is 16.9 Å². The van der Waals surface area contributed by atoms with Crippen molar-refractivity contribution in [1.29, 1.82) is 0 Å². The number of carboxylic acids is 1. The zero-order chi connectivity index (χ0) is 14.3. The maximum Gasteiger partial charge on any atom is 0.335 e. The van der Waals surface area contributed by atoms with Crippen molar-refractivity contribution in [3.63, 3.8) is 0 Å². The number of carboxylic acid groups (broad SMARTS) is 1. The zero-order valence-electron chi connectivity index (χ0n) is 10.7. The van der Waals surface area contributed by atoms with Crippen LogP contribution in [-0.4, -0.2) is 26.1 Å². The second kappa shape index (κ2) is 4.34. The second-order valence-electron chi connectivity index (χ2n) is 4.54. The zero-order valence-corrected chi connectivity index (χ0v) is 10.7. The molecular formula is C14H12N4O2. The second-order valence-corrected chi connectivity index (χ2v) is 4.54. The van der Waals surface area contributed by atoms with Gasteiger partial charge in [-0.25, -0.2) is 4.79 Å². The molecular weight excluding hydrogens is 256 g/mol. The summed E-state index contributed by atoms with van der Waals surface area (Å²) in [5.74, 6) is -0.983. The van der Waals surface area contributed by atoms with Gasteiger partial charge in [0.2, 0.25) is 0 Å². The summed E-state index contributed by atoms with van der Waals surface area (Å²) in [7, 11) is 0. The fraction of sp³-hybridized carbons (Fsp3) is 0.0714. The Morgan fingerprint density at radius 3 is 2.60 bits per heavy atom. The Bertz CT molecular complexity index is 784. The first kappa shape index (κ1) is 12.2. The number of aromatic carboxylic acids is 1. The Kier molecular flexibility index (Phi) is 2.64. The van der Waals surface area contributed by atoms with Crippen LogP contribution in [0, 0.1) is 6.92 Å². The Morgan fingerprint density at radius 2 is 1.90 bits per heavy atom. The van der Waals surface area contributed by atoms with E-state index in [0.29, 0.717) is 16.9 Å². The molecule has 100 valence electrons. The Labute approximate surface area is 114 Å². The molecule has 2 aromatic carbocycles. The number of fused-ring (bicyclic) bond motifs is 1. The van der Waals surface area contributed by atoms with E-state index in [1.54, 1.807) is 18.2 Å². The maximum absolute atomic E-state index is 11.0. The summed E-state index contributed by atoms with van der Waals surface area (Å²) in [6.07, 6.45) is 0. The summed E-state index contributed by atoms with van der Waals surface area (Å²) in [6, 6.07) is 10.1. The van der Waals surface area contributed by atoms with E-state index in [4.69, 9.17) is 10.8 Å². The molecule has 0 saturated heterocycles. The highest BCUT2D eigenvalue weighted by Gasteiger charge is 2.09. The van der Waals surface area contributed by atoms with E-state index in [9.17, 15) is 4.79 Å². The van der Waals surface area contributed by atoms with Crippen molar-refractivity contribution in [1.82, 2.24) is 15.0 Å². The monoisotopic (exact) mass is 268 g/mol. The van der Waals surface area contributed by atoms with Crippen LogP contribution in [0.3, 0.4) is 0 Å². The van der Waals surface area contributed by atoms with Gasteiger partial charge in [-0.15, -0.1) is 10.2 Å². The molecule has 0 bridgehead atoms. The van der Waals surface area contributed by atoms with E-state index < -0.39 is 5.97 Å². The fourth-order valence-electron chi connectivity index (χ4n) is 1.96. The molecule has 0 unspecified atom stereocenters. The van der Waals surface area contributed by atoms with Crippen LogP contribution in [0.5, 0.6) is 0 Å². The summed E-state index contributed by atoms with van der Waals surface area (Å²) in [6.45, 7) is 1.90. The molecule has 0 aliphatic carbocycles. The number of hydrogen-bond acceptors (Lipinski definition) is 4. The molecule has 1 heterocycles. The van der Waals surface area contributed by atoms with E-state index in [-0.39, 0.29) is 5.56 Å².